The molecule has 6 rings (SSSR count). The molecule has 0 aliphatic heterocycles. The summed E-state index contributed by atoms with van der Waals surface area (Å²) >= 11 is 0. The Labute approximate surface area is 232 Å². The minimum Gasteiger partial charge on any atom is -0.342 e. The summed E-state index contributed by atoms with van der Waals surface area (Å²) in [5, 5.41) is 11.6. The van der Waals surface area contributed by atoms with E-state index in [-0.39, 0.29) is 23.2 Å². The summed E-state index contributed by atoms with van der Waals surface area (Å²) in [6.07, 6.45) is 5.68. The third-order valence-electron chi connectivity index (χ3n) is 7.73. The monoisotopic (exact) mass is 538 g/mol. The van der Waals surface area contributed by atoms with Crippen LogP contribution in [0.1, 0.15) is 85.1 Å². The molecule has 0 fully saturated rings. The maximum atomic E-state index is 13.1. The summed E-state index contributed by atoms with van der Waals surface area (Å²) in [7, 11) is 1.94. The van der Waals surface area contributed by atoms with E-state index in [0.29, 0.717) is 11.5 Å². The number of nitrogens with one attached hydrogen (secondary N) is 2. The quantitative estimate of drug-likeness (QED) is 0.288. The van der Waals surface area contributed by atoms with Crippen molar-refractivity contribution in [2.24, 2.45) is 7.05 Å². The van der Waals surface area contributed by atoms with Gasteiger partial charge in [-0.15, -0.1) is 0 Å². The second-order valence-electron chi connectivity index (χ2n) is 11.7. The number of hydrogen-bond donors (Lipinski definition) is 2. The van der Waals surface area contributed by atoms with Crippen LogP contribution in [0, 0.1) is 13.8 Å². The van der Waals surface area contributed by atoms with Crippen molar-refractivity contribution in [3.63, 3.8) is 0 Å². The largest absolute Gasteiger partial charge is 0.342 e. The van der Waals surface area contributed by atoms with Gasteiger partial charge in [-0.25, -0.2) is 9.97 Å². The van der Waals surface area contributed by atoms with Crippen LogP contribution in [0.25, 0.3) is 33.7 Å². The van der Waals surface area contributed by atoms with Crippen LogP contribution >= 0.6 is 0 Å². The highest BCUT2D eigenvalue weighted by atomic mass is 16.5. The van der Waals surface area contributed by atoms with E-state index in [1.807, 2.05) is 52.4 Å². The number of carbonyl (C=O) groups is 1. The van der Waals surface area contributed by atoms with Crippen molar-refractivity contribution in [3.8, 4) is 22.5 Å². The van der Waals surface area contributed by atoms with Crippen LogP contribution in [0.3, 0.4) is 0 Å². The van der Waals surface area contributed by atoms with Crippen LogP contribution in [-0.4, -0.2) is 40.8 Å². The minimum absolute atomic E-state index is 0.0701. The molecule has 4 aromatic heterocycles. The molecule has 1 aliphatic carbocycles. The van der Waals surface area contributed by atoms with E-state index in [9.17, 15) is 4.79 Å². The summed E-state index contributed by atoms with van der Waals surface area (Å²) in [4.78, 5) is 30.3. The topological polar surface area (TPSA) is 127 Å². The van der Waals surface area contributed by atoms with E-state index in [2.05, 4.69) is 48.7 Å². The molecule has 1 atom stereocenters. The number of nitrogens with zero attached hydrogens (tertiary/aromatic N) is 6. The number of aromatic nitrogens is 7. The van der Waals surface area contributed by atoms with Crippen molar-refractivity contribution < 1.29 is 9.32 Å². The predicted octanol–water partition coefficient (Wildman–Crippen LogP) is 5.52. The van der Waals surface area contributed by atoms with Crippen molar-refractivity contribution in [3.05, 3.63) is 64.7 Å². The lowest BCUT2D eigenvalue weighted by Crippen LogP contribution is -2.29. The molecule has 1 aromatic carbocycles. The normalized spacial score (nSPS) is 15.7. The predicted molar refractivity (Wildman–Crippen MR) is 152 cm³/mol. The number of imidazole rings is 1. The van der Waals surface area contributed by atoms with Gasteiger partial charge < -0.3 is 14.8 Å². The van der Waals surface area contributed by atoms with E-state index in [1.165, 1.54) is 5.56 Å². The Bertz CT molecular complexity index is 1740. The average molecular weight is 539 g/mol. The van der Waals surface area contributed by atoms with Crippen LogP contribution in [0.15, 0.2) is 35.0 Å². The van der Waals surface area contributed by atoms with Crippen LogP contribution in [0.4, 0.5) is 0 Å². The molecule has 1 aliphatic rings. The van der Waals surface area contributed by atoms with E-state index < -0.39 is 0 Å². The number of aryl methyl sites for hydroxylation is 3. The van der Waals surface area contributed by atoms with Crippen LogP contribution in [0.5, 0.6) is 0 Å². The third-order valence-corrected chi connectivity index (χ3v) is 7.73. The van der Waals surface area contributed by atoms with Crippen LogP contribution in [-0.2, 0) is 18.9 Å². The highest BCUT2D eigenvalue weighted by Crippen LogP contribution is 2.35. The third kappa shape index (κ3) is 4.57. The van der Waals surface area contributed by atoms with Gasteiger partial charge >= 0.3 is 0 Å². The van der Waals surface area contributed by atoms with Gasteiger partial charge in [0.1, 0.15) is 5.82 Å². The average Bonchev–Trinajstić information content (AvgIpc) is 3.59. The highest BCUT2D eigenvalue weighted by molar-refractivity contribution is 5.92. The number of hydrogen-bond acceptors (Lipinski definition) is 7. The molecule has 0 bridgehead atoms. The zero-order valence-corrected chi connectivity index (χ0v) is 23.8. The number of benzene rings is 1. The zero-order chi connectivity index (χ0) is 28.2. The number of fused-ring (bicyclic) bond motifs is 2. The first-order valence-corrected chi connectivity index (χ1v) is 13.7. The molecule has 2 N–H and O–H groups in total. The molecule has 0 saturated carbocycles. The lowest BCUT2D eigenvalue weighted by molar-refractivity contribution is 0.0921. The Morgan fingerprint density at radius 3 is 2.70 bits per heavy atom. The fraction of sp³-hybridized carbons (Fsp3) is 0.400. The number of H-pyrrole nitrogens is 1. The lowest BCUT2D eigenvalue weighted by Gasteiger charge is -2.19. The SMILES string of the molecule is Cc1nn(C)c(C)c1-c1nc2nccc(-c3ccc4c(c3)CCCC[C@@H]4NC(=O)c3noc(C(C)(C)C)n3)c2[nH]1. The smallest absolute Gasteiger partial charge is 0.293 e. The Kier molecular flexibility index (Phi) is 6.28. The van der Waals surface area contributed by atoms with Gasteiger partial charge in [-0.2, -0.15) is 10.1 Å². The van der Waals surface area contributed by atoms with Gasteiger partial charge in [-0.05, 0) is 55.9 Å². The molecule has 1 amide bonds. The zero-order valence-electron chi connectivity index (χ0n) is 23.8. The summed E-state index contributed by atoms with van der Waals surface area (Å²) in [6, 6.07) is 8.39. The number of amides is 1. The summed E-state index contributed by atoms with van der Waals surface area (Å²) in [6.45, 7) is 9.96. The first kappa shape index (κ1) is 25.9. The van der Waals surface area contributed by atoms with Gasteiger partial charge in [-0.3, -0.25) is 9.48 Å². The van der Waals surface area contributed by atoms with Crippen molar-refractivity contribution in [2.75, 3.05) is 0 Å². The van der Waals surface area contributed by atoms with Crippen LogP contribution < -0.4 is 5.32 Å². The number of pyridine rings is 1. The van der Waals surface area contributed by atoms with Gasteiger partial charge in [0.15, 0.2) is 5.65 Å². The number of aromatic amines is 1. The highest BCUT2D eigenvalue weighted by Gasteiger charge is 2.27. The molecule has 206 valence electrons. The molecule has 0 saturated heterocycles. The second-order valence-corrected chi connectivity index (χ2v) is 11.7. The molecule has 10 heteroatoms. The van der Waals surface area contributed by atoms with Crippen molar-refractivity contribution in [1.29, 1.82) is 0 Å². The van der Waals surface area contributed by atoms with Crippen molar-refractivity contribution >= 4 is 17.1 Å². The van der Waals surface area contributed by atoms with E-state index in [0.717, 1.165) is 70.7 Å². The molecule has 5 aromatic rings. The van der Waals surface area contributed by atoms with Gasteiger partial charge in [0.25, 0.3) is 11.7 Å². The van der Waals surface area contributed by atoms with Crippen molar-refractivity contribution in [1.82, 2.24) is 40.2 Å². The minimum atomic E-state index is -0.319. The van der Waals surface area contributed by atoms with E-state index in [1.54, 1.807) is 6.20 Å². The first-order chi connectivity index (χ1) is 19.1. The van der Waals surface area contributed by atoms with Gasteiger partial charge in [-0.1, -0.05) is 50.5 Å². The van der Waals surface area contributed by atoms with Gasteiger partial charge in [0, 0.05) is 29.9 Å². The molecule has 0 radical (unpaired) electrons. The Hall–Kier alpha value is -4.34. The standard InChI is InChI=1S/C30H34N8O2/c1-16-23(17(2)38(6)36-16)25-33-24-21(13-14-31-26(24)34-25)19-11-12-20-18(15-19)9-7-8-10-22(20)32-28(39)27-35-29(40-37-27)30(3,4)5/h11-15,22H,7-10H2,1-6H3,(H,32,39)(H,31,33,34)/t22-/m0/s1. The number of carbonyl (C=O) groups excluding carboxylic acids is 1. The van der Waals surface area contributed by atoms with Crippen molar-refractivity contribution in [2.45, 2.75) is 71.8 Å². The first-order valence-electron chi connectivity index (χ1n) is 13.7. The molecular formula is C30H34N8O2. The van der Waals surface area contributed by atoms with Gasteiger partial charge in [0.05, 0.1) is 22.8 Å². The van der Waals surface area contributed by atoms with E-state index >= 15 is 0 Å². The molecule has 40 heavy (non-hydrogen) atoms. The molecule has 10 nitrogen and oxygen atoms in total. The molecule has 0 unspecified atom stereocenters. The molecule has 0 spiro atoms. The Morgan fingerprint density at radius 2 is 1.98 bits per heavy atom. The summed E-state index contributed by atoms with van der Waals surface area (Å²) in [5.41, 5.74) is 8.71. The Morgan fingerprint density at radius 1 is 1.15 bits per heavy atom. The fourth-order valence-electron chi connectivity index (χ4n) is 5.53. The maximum absolute atomic E-state index is 13.1. The lowest BCUT2D eigenvalue weighted by atomic mass is 9.94. The van der Waals surface area contributed by atoms with E-state index in [4.69, 9.17) is 9.51 Å². The van der Waals surface area contributed by atoms with Gasteiger partial charge in [0.2, 0.25) is 5.89 Å². The summed E-state index contributed by atoms with van der Waals surface area (Å²) < 4.78 is 7.21. The van der Waals surface area contributed by atoms with Crippen LogP contribution in [0.2, 0.25) is 0 Å². The molecule has 4 heterocycles. The Balaban J connectivity index is 1.32. The maximum Gasteiger partial charge on any atom is 0.293 e. The fourth-order valence-corrected chi connectivity index (χ4v) is 5.53. The number of rotatable bonds is 4. The second kappa shape index (κ2) is 9.69. The summed E-state index contributed by atoms with van der Waals surface area (Å²) in [5.74, 6) is 0.971. The molecular weight excluding hydrogens is 504 g/mol.